The molecule has 1 aromatic carbocycles. The lowest BCUT2D eigenvalue weighted by Crippen LogP contribution is -2.27. The molecule has 1 saturated carbocycles. The summed E-state index contributed by atoms with van der Waals surface area (Å²) in [6.45, 7) is 5.06. The van der Waals surface area contributed by atoms with E-state index in [0.29, 0.717) is 11.3 Å². The molecule has 3 atom stereocenters. The molecule has 0 aliphatic heterocycles. The second kappa shape index (κ2) is 8.82. The Balaban J connectivity index is 2.05. The number of ether oxygens (including phenoxy) is 1. The van der Waals surface area contributed by atoms with Crippen LogP contribution in [0.5, 0.6) is 0 Å². The number of benzene rings is 1. The minimum Gasteiger partial charge on any atom is -0.481 e. The van der Waals surface area contributed by atoms with Crippen LogP contribution in [-0.2, 0) is 25.5 Å². The Morgan fingerprint density at radius 3 is 2.38 bits per heavy atom. The monoisotopic (exact) mass is 471 g/mol. The predicted octanol–water partition coefficient (Wildman–Crippen LogP) is 4.51. The van der Waals surface area contributed by atoms with Crippen LogP contribution in [0.25, 0.3) is 11.1 Å². The van der Waals surface area contributed by atoms with E-state index in [0.717, 1.165) is 12.1 Å². The summed E-state index contributed by atoms with van der Waals surface area (Å²) >= 11 is 0. The molecule has 10 heteroatoms. The lowest BCUT2D eigenvalue weighted by atomic mass is 10.0. The van der Waals surface area contributed by atoms with E-state index in [2.05, 4.69) is 4.98 Å². The number of pyridine rings is 1. The number of halogens is 3. The summed E-state index contributed by atoms with van der Waals surface area (Å²) in [5.41, 5.74) is 0.0148. The van der Waals surface area contributed by atoms with E-state index in [1.54, 1.807) is 32.9 Å². The van der Waals surface area contributed by atoms with Crippen molar-refractivity contribution in [1.82, 2.24) is 4.98 Å². The number of aryl methyl sites for hydroxylation is 1. The van der Waals surface area contributed by atoms with E-state index >= 15 is 0 Å². The van der Waals surface area contributed by atoms with Crippen molar-refractivity contribution in [3.63, 3.8) is 0 Å². The zero-order valence-corrected chi connectivity index (χ0v) is 18.6. The second-order valence-corrected chi connectivity index (χ2v) is 10.4. The quantitative estimate of drug-likeness (QED) is 0.667. The Bertz CT molecular complexity index is 1110. The van der Waals surface area contributed by atoms with Crippen molar-refractivity contribution >= 4 is 15.8 Å². The average Bonchev–Trinajstić information content (AvgIpc) is 3.11. The topological polar surface area (TPSA) is 93.6 Å². The van der Waals surface area contributed by atoms with Gasteiger partial charge in [-0.15, -0.1) is 0 Å². The number of aromatic nitrogens is 1. The van der Waals surface area contributed by atoms with Gasteiger partial charge in [-0.3, -0.25) is 9.78 Å². The Morgan fingerprint density at radius 2 is 1.81 bits per heavy atom. The smallest absolute Gasteiger partial charge is 0.417 e. The number of sulfone groups is 1. The van der Waals surface area contributed by atoms with Crippen LogP contribution in [0, 0.1) is 12.8 Å². The maximum Gasteiger partial charge on any atom is 0.417 e. The number of nitrogens with zero attached hydrogens (tertiary/aromatic N) is 1. The maximum absolute atomic E-state index is 13.9. The number of aliphatic carboxylic acids is 1. The van der Waals surface area contributed by atoms with Gasteiger partial charge in [0.25, 0.3) is 0 Å². The molecule has 0 radical (unpaired) electrons. The first-order valence-corrected chi connectivity index (χ1v) is 11.6. The van der Waals surface area contributed by atoms with Crippen LogP contribution < -0.4 is 0 Å². The SMILES string of the molecule is Cc1cc(-c2ccc(S(=O)(=O)[C@H]3C[C@@H](OC(C)C)[C@H](C(=O)O)C3)c(C(F)(F)F)c2)ccn1. The van der Waals surface area contributed by atoms with E-state index in [1.165, 1.54) is 12.3 Å². The Kier molecular flexibility index (Phi) is 6.67. The number of carboxylic acid groups (broad SMARTS) is 1. The van der Waals surface area contributed by atoms with Crippen molar-refractivity contribution in [2.45, 2.75) is 62.1 Å². The number of alkyl halides is 3. The number of carbonyl (C=O) groups is 1. The fraction of sp³-hybridized carbons (Fsp3) is 0.455. The third kappa shape index (κ3) is 4.96. The third-order valence-electron chi connectivity index (χ3n) is 5.49. The van der Waals surface area contributed by atoms with Crippen LogP contribution in [0.4, 0.5) is 13.2 Å². The van der Waals surface area contributed by atoms with Gasteiger partial charge in [-0.1, -0.05) is 6.07 Å². The van der Waals surface area contributed by atoms with E-state index in [-0.39, 0.29) is 24.5 Å². The van der Waals surface area contributed by atoms with Crippen molar-refractivity contribution in [2.24, 2.45) is 5.92 Å². The van der Waals surface area contributed by atoms with E-state index in [4.69, 9.17) is 4.74 Å². The van der Waals surface area contributed by atoms with Gasteiger partial charge >= 0.3 is 12.1 Å². The Hall–Kier alpha value is -2.46. The van der Waals surface area contributed by atoms with Gasteiger partial charge in [0.1, 0.15) is 0 Å². The Morgan fingerprint density at radius 1 is 1.16 bits per heavy atom. The largest absolute Gasteiger partial charge is 0.481 e. The maximum atomic E-state index is 13.9. The van der Waals surface area contributed by atoms with Crippen LogP contribution in [0.15, 0.2) is 41.4 Å². The molecule has 1 aliphatic carbocycles. The molecule has 2 aromatic rings. The minimum atomic E-state index is -4.92. The van der Waals surface area contributed by atoms with Crippen molar-refractivity contribution in [1.29, 1.82) is 0 Å². The first-order chi connectivity index (χ1) is 14.8. The van der Waals surface area contributed by atoms with Crippen molar-refractivity contribution in [3.05, 3.63) is 47.8 Å². The van der Waals surface area contributed by atoms with E-state index in [9.17, 15) is 31.5 Å². The van der Waals surface area contributed by atoms with Gasteiger partial charge in [0.05, 0.1) is 33.8 Å². The average molecular weight is 471 g/mol. The second-order valence-electron chi connectivity index (χ2n) is 8.20. The molecule has 3 rings (SSSR count). The lowest BCUT2D eigenvalue weighted by molar-refractivity contribution is -0.147. The van der Waals surface area contributed by atoms with Crippen molar-refractivity contribution in [3.8, 4) is 11.1 Å². The highest BCUT2D eigenvalue weighted by molar-refractivity contribution is 7.92. The van der Waals surface area contributed by atoms with Crippen molar-refractivity contribution < 1.29 is 36.2 Å². The number of hydrogen-bond acceptors (Lipinski definition) is 5. The van der Waals surface area contributed by atoms with E-state index < -0.39 is 49.7 Å². The molecule has 174 valence electrons. The molecule has 1 heterocycles. The molecular weight excluding hydrogens is 447 g/mol. The summed E-state index contributed by atoms with van der Waals surface area (Å²) in [6.07, 6.45) is -5.18. The molecule has 0 amide bonds. The predicted molar refractivity (Wildman–Crippen MR) is 111 cm³/mol. The van der Waals surface area contributed by atoms with Crippen LogP contribution >= 0.6 is 0 Å². The Labute approximate surface area is 184 Å². The summed E-state index contributed by atoms with van der Waals surface area (Å²) in [6, 6.07) is 6.23. The van der Waals surface area contributed by atoms with Gasteiger partial charge in [-0.2, -0.15) is 13.2 Å². The van der Waals surface area contributed by atoms with Crippen molar-refractivity contribution in [2.75, 3.05) is 0 Å². The summed E-state index contributed by atoms with van der Waals surface area (Å²) in [5.74, 6) is -2.33. The summed E-state index contributed by atoms with van der Waals surface area (Å²) in [5, 5.41) is 8.17. The van der Waals surface area contributed by atoms with Gasteiger partial charge in [-0.05, 0) is 69.0 Å². The molecule has 1 aliphatic rings. The summed E-state index contributed by atoms with van der Waals surface area (Å²) < 4.78 is 73.7. The highest BCUT2D eigenvalue weighted by Crippen LogP contribution is 2.42. The fourth-order valence-corrected chi connectivity index (χ4v) is 6.05. The van der Waals surface area contributed by atoms with Gasteiger partial charge in [-0.25, -0.2) is 8.42 Å². The number of hydrogen-bond donors (Lipinski definition) is 1. The molecule has 1 fully saturated rings. The van der Waals surface area contributed by atoms with Crippen LogP contribution in [0.3, 0.4) is 0 Å². The highest BCUT2D eigenvalue weighted by atomic mass is 32.2. The van der Waals surface area contributed by atoms with Gasteiger partial charge in [0.15, 0.2) is 9.84 Å². The number of carboxylic acids is 1. The van der Waals surface area contributed by atoms with Crippen LogP contribution in [0.1, 0.15) is 37.9 Å². The third-order valence-corrected chi connectivity index (χ3v) is 7.72. The fourth-order valence-electron chi connectivity index (χ4n) is 4.05. The van der Waals surface area contributed by atoms with Gasteiger partial charge < -0.3 is 9.84 Å². The normalized spacial score (nSPS) is 21.8. The molecule has 0 spiro atoms. The first-order valence-electron chi connectivity index (χ1n) is 10.1. The van der Waals surface area contributed by atoms with Crippen LogP contribution in [0.2, 0.25) is 0 Å². The zero-order chi connectivity index (χ0) is 23.8. The molecule has 0 saturated heterocycles. The summed E-state index contributed by atoms with van der Waals surface area (Å²) in [4.78, 5) is 14.8. The van der Waals surface area contributed by atoms with E-state index in [1.807, 2.05) is 0 Å². The highest BCUT2D eigenvalue weighted by Gasteiger charge is 2.48. The first kappa shape index (κ1) is 24.2. The summed E-state index contributed by atoms with van der Waals surface area (Å²) in [7, 11) is -4.47. The molecule has 6 nitrogen and oxygen atoms in total. The molecule has 1 aromatic heterocycles. The molecule has 0 unspecified atom stereocenters. The standard InChI is InChI=1S/C22H24F3NO5S/c1-12(2)31-19-11-16(10-17(19)21(27)28)32(29,30)20-5-4-14(9-18(20)22(23,24)25)15-6-7-26-13(3)8-15/h4-9,12,16-17,19H,10-11H2,1-3H3,(H,27,28)/t16-,17-,19-/m1/s1. The molecule has 32 heavy (non-hydrogen) atoms. The van der Waals surface area contributed by atoms with Crippen LogP contribution in [-0.4, -0.2) is 41.9 Å². The molecule has 1 N–H and O–H groups in total. The number of rotatable bonds is 6. The zero-order valence-electron chi connectivity index (χ0n) is 17.8. The molecule has 0 bridgehead atoms. The lowest BCUT2D eigenvalue weighted by Gasteiger charge is -2.19. The minimum absolute atomic E-state index is 0.180. The van der Waals surface area contributed by atoms with Gasteiger partial charge in [0, 0.05) is 11.9 Å². The molecular formula is C22H24F3NO5S. The van der Waals surface area contributed by atoms with Gasteiger partial charge in [0.2, 0.25) is 0 Å².